The van der Waals surface area contributed by atoms with Gasteiger partial charge in [-0.2, -0.15) is 11.8 Å². The van der Waals surface area contributed by atoms with Gasteiger partial charge in [0.25, 0.3) is 5.91 Å². The largest absolute Gasteiger partial charge is 0.467 e. The molecular formula is C15H19NO4S. The second-order valence-electron chi connectivity index (χ2n) is 4.76. The van der Waals surface area contributed by atoms with Crippen LogP contribution in [0.4, 0.5) is 0 Å². The zero-order chi connectivity index (χ0) is 15.2. The van der Waals surface area contributed by atoms with E-state index in [0.29, 0.717) is 18.7 Å². The van der Waals surface area contributed by atoms with E-state index >= 15 is 0 Å². The summed E-state index contributed by atoms with van der Waals surface area (Å²) in [7, 11) is 1.32. The molecule has 21 heavy (non-hydrogen) atoms. The van der Waals surface area contributed by atoms with E-state index in [0.717, 1.165) is 5.75 Å². The standard InChI is InChI=1S/C15H19NO4S/c1-19-15(18)13-9-16(7-8-20-13)14(17)12-5-3-11(4-6-12)10-21-2/h3-6,13H,7-10H2,1-2H3. The number of methoxy groups -OCH3 is 1. The SMILES string of the molecule is COC(=O)C1CN(C(=O)c2ccc(CSC)cc2)CCO1. The fourth-order valence-corrected chi connectivity index (χ4v) is 2.73. The van der Waals surface area contributed by atoms with Gasteiger partial charge in [-0.15, -0.1) is 0 Å². The first-order chi connectivity index (χ1) is 10.2. The third kappa shape index (κ3) is 3.98. The zero-order valence-corrected chi connectivity index (χ0v) is 13.0. The van der Waals surface area contributed by atoms with Gasteiger partial charge < -0.3 is 14.4 Å². The maximum absolute atomic E-state index is 12.4. The van der Waals surface area contributed by atoms with E-state index in [4.69, 9.17) is 4.74 Å². The molecule has 0 N–H and O–H groups in total. The van der Waals surface area contributed by atoms with Gasteiger partial charge in [0.05, 0.1) is 20.3 Å². The van der Waals surface area contributed by atoms with Crippen molar-refractivity contribution >= 4 is 23.6 Å². The second kappa shape index (κ2) is 7.47. The summed E-state index contributed by atoms with van der Waals surface area (Å²) in [5.41, 5.74) is 1.82. The molecule has 1 aliphatic heterocycles. The van der Waals surface area contributed by atoms with Gasteiger partial charge in [0.1, 0.15) is 0 Å². The first kappa shape index (κ1) is 15.9. The number of rotatable bonds is 4. The quantitative estimate of drug-likeness (QED) is 0.790. The molecule has 1 saturated heterocycles. The Labute approximate surface area is 128 Å². The maximum atomic E-state index is 12.4. The number of amides is 1. The maximum Gasteiger partial charge on any atom is 0.336 e. The van der Waals surface area contributed by atoms with E-state index in [1.807, 2.05) is 30.5 Å². The van der Waals surface area contributed by atoms with Gasteiger partial charge in [-0.3, -0.25) is 4.79 Å². The lowest BCUT2D eigenvalue weighted by Crippen LogP contribution is -2.48. The number of hydrogen-bond donors (Lipinski definition) is 0. The highest BCUT2D eigenvalue weighted by molar-refractivity contribution is 7.97. The van der Waals surface area contributed by atoms with Crippen molar-refractivity contribution in [2.45, 2.75) is 11.9 Å². The molecule has 1 aliphatic rings. The molecule has 0 saturated carbocycles. The third-order valence-corrected chi connectivity index (χ3v) is 3.95. The van der Waals surface area contributed by atoms with Crippen LogP contribution in [0.15, 0.2) is 24.3 Å². The number of nitrogens with zero attached hydrogens (tertiary/aromatic N) is 1. The molecule has 0 bridgehead atoms. The Balaban J connectivity index is 2.03. The van der Waals surface area contributed by atoms with Gasteiger partial charge >= 0.3 is 5.97 Å². The van der Waals surface area contributed by atoms with E-state index < -0.39 is 12.1 Å². The van der Waals surface area contributed by atoms with Crippen LogP contribution < -0.4 is 0 Å². The Kier molecular flexibility index (Phi) is 5.64. The van der Waals surface area contributed by atoms with Crippen molar-refractivity contribution in [3.8, 4) is 0 Å². The Morgan fingerprint density at radius 1 is 1.38 bits per heavy atom. The molecule has 1 amide bonds. The van der Waals surface area contributed by atoms with Crippen LogP contribution in [0.2, 0.25) is 0 Å². The summed E-state index contributed by atoms with van der Waals surface area (Å²) < 4.78 is 9.99. The van der Waals surface area contributed by atoms with Crippen LogP contribution in [0, 0.1) is 0 Å². The number of carbonyl (C=O) groups excluding carboxylic acids is 2. The minimum Gasteiger partial charge on any atom is -0.467 e. The smallest absolute Gasteiger partial charge is 0.336 e. The number of hydrogen-bond acceptors (Lipinski definition) is 5. The number of ether oxygens (including phenoxy) is 2. The van der Waals surface area contributed by atoms with Crippen molar-refractivity contribution in [2.75, 3.05) is 33.1 Å². The molecule has 114 valence electrons. The zero-order valence-electron chi connectivity index (χ0n) is 12.2. The summed E-state index contributed by atoms with van der Waals surface area (Å²) in [5.74, 6) is 0.405. The van der Waals surface area contributed by atoms with E-state index in [9.17, 15) is 9.59 Å². The normalized spacial score (nSPS) is 18.4. The molecule has 1 aromatic carbocycles. The summed E-state index contributed by atoms with van der Waals surface area (Å²) in [6, 6.07) is 7.58. The minimum atomic E-state index is -0.691. The Hall–Kier alpha value is -1.53. The van der Waals surface area contributed by atoms with Crippen LogP contribution >= 0.6 is 11.8 Å². The summed E-state index contributed by atoms with van der Waals surface area (Å²) in [6.45, 7) is 1.06. The van der Waals surface area contributed by atoms with Gasteiger partial charge in [-0.05, 0) is 24.0 Å². The van der Waals surface area contributed by atoms with Crippen LogP contribution in [0.1, 0.15) is 15.9 Å². The fourth-order valence-electron chi connectivity index (χ4n) is 2.20. The molecule has 5 nitrogen and oxygen atoms in total. The highest BCUT2D eigenvalue weighted by Gasteiger charge is 2.30. The molecule has 2 rings (SSSR count). The second-order valence-corrected chi connectivity index (χ2v) is 5.63. The average Bonchev–Trinajstić information content (AvgIpc) is 2.54. The Bertz CT molecular complexity index is 503. The first-order valence-electron chi connectivity index (χ1n) is 6.72. The van der Waals surface area contributed by atoms with Gasteiger partial charge in [0, 0.05) is 17.9 Å². The van der Waals surface area contributed by atoms with Gasteiger partial charge in [-0.25, -0.2) is 4.79 Å². The van der Waals surface area contributed by atoms with Gasteiger partial charge in [-0.1, -0.05) is 12.1 Å². The van der Waals surface area contributed by atoms with Gasteiger partial charge in [0.2, 0.25) is 0 Å². The number of thioether (sulfide) groups is 1. The van der Waals surface area contributed by atoms with Crippen molar-refractivity contribution in [1.82, 2.24) is 4.90 Å². The molecular weight excluding hydrogens is 290 g/mol. The van der Waals surface area contributed by atoms with Crippen molar-refractivity contribution in [3.63, 3.8) is 0 Å². The molecule has 0 aromatic heterocycles. The molecule has 1 unspecified atom stereocenters. The fraction of sp³-hybridized carbons (Fsp3) is 0.467. The summed E-state index contributed by atoms with van der Waals surface area (Å²) >= 11 is 1.74. The molecule has 1 heterocycles. The number of morpholine rings is 1. The van der Waals surface area contributed by atoms with Crippen LogP contribution in [-0.2, 0) is 20.0 Å². The lowest BCUT2D eigenvalue weighted by molar-refractivity contribution is -0.158. The monoisotopic (exact) mass is 309 g/mol. The number of esters is 1. The molecule has 1 fully saturated rings. The lowest BCUT2D eigenvalue weighted by Gasteiger charge is -2.31. The highest BCUT2D eigenvalue weighted by atomic mass is 32.2. The Morgan fingerprint density at radius 3 is 2.71 bits per heavy atom. The van der Waals surface area contributed by atoms with Crippen LogP contribution in [0.25, 0.3) is 0 Å². The molecule has 0 aliphatic carbocycles. The number of benzene rings is 1. The topological polar surface area (TPSA) is 55.8 Å². The van der Waals surface area contributed by atoms with E-state index in [1.165, 1.54) is 12.7 Å². The molecule has 1 aromatic rings. The van der Waals surface area contributed by atoms with Crippen molar-refractivity contribution in [2.24, 2.45) is 0 Å². The Morgan fingerprint density at radius 2 is 2.10 bits per heavy atom. The summed E-state index contributed by atoms with van der Waals surface area (Å²) in [6.07, 6.45) is 1.35. The van der Waals surface area contributed by atoms with Crippen molar-refractivity contribution < 1.29 is 19.1 Å². The van der Waals surface area contributed by atoms with Crippen LogP contribution in [0.5, 0.6) is 0 Å². The van der Waals surface area contributed by atoms with Gasteiger partial charge in [0.15, 0.2) is 6.10 Å². The summed E-state index contributed by atoms with van der Waals surface area (Å²) in [5, 5.41) is 0. The molecule has 0 spiro atoms. The van der Waals surface area contributed by atoms with E-state index in [1.54, 1.807) is 16.7 Å². The lowest BCUT2D eigenvalue weighted by atomic mass is 10.1. The molecule has 1 atom stereocenters. The predicted molar refractivity (Wildman–Crippen MR) is 81.3 cm³/mol. The van der Waals surface area contributed by atoms with E-state index in [-0.39, 0.29) is 12.5 Å². The van der Waals surface area contributed by atoms with Crippen LogP contribution in [0.3, 0.4) is 0 Å². The van der Waals surface area contributed by atoms with E-state index in [2.05, 4.69) is 4.74 Å². The third-order valence-electron chi connectivity index (χ3n) is 3.33. The minimum absolute atomic E-state index is 0.0806. The highest BCUT2D eigenvalue weighted by Crippen LogP contribution is 2.14. The average molecular weight is 309 g/mol. The van der Waals surface area contributed by atoms with Crippen molar-refractivity contribution in [3.05, 3.63) is 35.4 Å². The summed E-state index contributed by atoms with van der Waals surface area (Å²) in [4.78, 5) is 25.6. The number of carbonyl (C=O) groups is 2. The molecule has 0 radical (unpaired) electrons. The molecule has 6 heteroatoms. The van der Waals surface area contributed by atoms with Crippen LogP contribution in [-0.4, -0.2) is 55.9 Å². The first-order valence-corrected chi connectivity index (χ1v) is 8.11. The predicted octanol–water partition coefficient (Wildman–Crippen LogP) is 1.56. The van der Waals surface area contributed by atoms with Crippen molar-refractivity contribution in [1.29, 1.82) is 0 Å².